The second-order valence-electron chi connectivity index (χ2n) is 15.6. The van der Waals surface area contributed by atoms with Gasteiger partial charge in [-0.05, 0) is 99.8 Å². The molecular weight excluding hydrogens is 695 g/mol. The van der Waals surface area contributed by atoms with Gasteiger partial charge in [0.15, 0.2) is 0 Å². The standard InChI is InChI=1S/C43H53N7O5/c1-27(2)37(48-41(52)54-7)40(51)49-21-13-19-35(49)39-45-26-34(47-39)30-23-28(3)32(33(24-30)29-15-9-8-10-16-29)18-12-11-17-31-25-44-38(46-31)36-20-14-22-50(36)42(53)55-43(4,5)6/h8-12,15-18,23-27,35-37H,13-14,19-22H2,1-7H3,(H,44,46)(H,45,47)(H,48,52)/t35-,36-,37-/m0/s1. The van der Waals surface area contributed by atoms with Crippen LogP contribution in [0.25, 0.3) is 34.5 Å². The van der Waals surface area contributed by atoms with E-state index in [2.05, 4.69) is 57.5 Å². The number of carbonyl (C=O) groups is 3. The molecule has 0 radical (unpaired) electrons. The van der Waals surface area contributed by atoms with E-state index in [1.165, 1.54) is 7.11 Å². The van der Waals surface area contributed by atoms with Crippen LogP contribution in [-0.4, -0.2) is 79.7 Å². The van der Waals surface area contributed by atoms with Crippen molar-refractivity contribution in [2.24, 2.45) is 5.92 Å². The Hall–Kier alpha value is -5.65. The van der Waals surface area contributed by atoms with Gasteiger partial charge in [-0.2, -0.15) is 0 Å². The topological polar surface area (TPSA) is 146 Å². The average Bonchev–Trinajstić information content (AvgIpc) is 3.98. The lowest BCUT2D eigenvalue weighted by atomic mass is 9.92. The molecule has 4 aromatic rings. The lowest BCUT2D eigenvalue weighted by Crippen LogP contribution is -2.51. The summed E-state index contributed by atoms with van der Waals surface area (Å²) in [5, 5.41) is 2.71. The van der Waals surface area contributed by atoms with E-state index in [1.54, 1.807) is 11.1 Å². The number of hydrogen-bond donors (Lipinski definition) is 3. The zero-order valence-electron chi connectivity index (χ0n) is 32.9. The number of aromatic amines is 2. The maximum absolute atomic E-state index is 13.7. The average molecular weight is 748 g/mol. The zero-order valence-corrected chi connectivity index (χ0v) is 32.9. The smallest absolute Gasteiger partial charge is 0.410 e. The van der Waals surface area contributed by atoms with E-state index in [1.807, 2.05) is 82.1 Å². The van der Waals surface area contributed by atoms with Crippen LogP contribution in [0.1, 0.15) is 101 Å². The van der Waals surface area contributed by atoms with Crippen molar-refractivity contribution in [1.82, 2.24) is 35.1 Å². The summed E-state index contributed by atoms with van der Waals surface area (Å²) in [7, 11) is 1.30. The molecule has 2 fully saturated rings. The molecule has 4 heterocycles. The van der Waals surface area contributed by atoms with Crippen LogP contribution in [0.2, 0.25) is 0 Å². The molecule has 3 amide bonds. The number of ether oxygens (including phenoxy) is 2. The first-order valence-electron chi connectivity index (χ1n) is 19.1. The number of nitrogens with zero attached hydrogens (tertiary/aromatic N) is 4. The number of likely N-dealkylation sites (tertiary alicyclic amines) is 2. The molecule has 290 valence electrons. The van der Waals surface area contributed by atoms with Gasteiger partial charge in [-0.1, -0.05) is 62.4 Å². The van der Waals surface area contributed by atoms with Crippen molar-refractivity contribution < 1.29 is 23.9 Å². The number of aromatic nitrogens is 4. The van der Waals surface area contributed by atoms with Crippen LogP contribution in [0, 0.1) is 12.8 Å². The van der Waals surface area contributed by atoms with Crippen molar-refractivity contribution >= 4 is 30.2 Å². The molecule has 3 N–H and O–H groups in total. The van der Waals surface area contributed by atoms with Gasteiger partial charge in [0.2, 0.25) is 5.91 Å². The number of aryl methyl sites for hydroxylation is 1. The summed E-state index contributed by atoms with van der Waals surface area (Å²) in [4.78, 5) is 58.4. The Bertz CT molecular complexity index is 2040. The van der Waals surface area contributed by atoms with Crippen LogP contribution in [0.15, 0.2) is 67.0 Å². The molecule has 6 rings (SSSR count). The van der Waals surface area contributed by atoms with Gasteiger partial charge >= 0.3 is 12.2 Å². The fourth-order valence-electron chi connectivity index (χ4n) is 7.38. The van der Waals surface area contributed by atoms with Crippen LogP contribution in [0.5, 0.6) is 0 Å². The van der Waals surface area contributed by atoms with Crippen molar-refractivity contribution in [1.29, 1.82) is 0 Å². The fraction of sp³-hybridized carbons (Fsp3) is 0.419. The summed E-state index contributed by atoms with van der Waals surface area (Å²) < 4.78 is 10.4. The molecule has 2 aliphatic heterocycles. The van der Waals surface area contributed by atoms with E-state index in [0.717, 1.165) is 76.5 Å². The number of allylic oxidation sites excluding steroid dienone is 2. The molecule has 2 aromatic carbocycles. The Balaban J connectivity index is 1.21. The molecule has 2 aliphatic rings. The number of nitrogens with one attached hydrogen (secondary N) is 3. The highest BCUT2D eigenvalue weighted by Crippen LogP contribution is 2.36. The second kappa shape index (κ2) is 16.8. The lowest BCUT2D eigenvalue weighted by Gasteiger charge is -2.30. The van der Waals surface area contributed by atoms with Crippen LogP contribution in [0.3, 0.4) is 0 Å². The lowest BCUT2D eigenvalue weighted by molar-refractivity contribution is -0.135. The van der Waals surface area contributed by atoms with E-state index >= 15 is 0 Å². The van der Waals surface area contributed by atoms with E-state index in [4.69, 9.17) is 14.5 Å². The molecule has 0 aliphatic carbocycles. The van der Waals surface area contributed by atoms with E-state index in [9.17, 15) is 14.4 Å². The number of imidazole rings is 2. The molecule has 12 nitrogen and oxygen atoms in total. The van der Waals surface area contributed by atoms with Gasteiger partial charge in [0, 0.05) is 18.7 Å². The molecule has 0 saturated carbocycles. The number of amides is 3. The first-order valence-corrected chi connectivity index (χ1v) is 19.1. The minimum atomic E-state index is -0.695. The SMILES string of the molecule is COC(=O)N[C@H](C(=O)N1CCC[C@H]1c1ncc(-c2cc(C)c(C=CC=Cc3cnc([C@@H]4CCCN4C(=O)OC(C)(C)C)[nH]3)c(-c3ccccc3)c2)[nH]1)C(C)C. The molecular formula is C43H53N7O5. The molecule has 12 heteroatoms. The maximum Gasteiger partial charge on any atom is 0.410 e. The molecule has 0 unspecified atom stereocenters. The van der Waals surface area contributed by atoms with Crippen LogP contribution >= 0.6 is 0 Å². The van der Waals surface area contributed by atoms with Crippen molar-refractivity contribution in [2.45, 2.75) is 91.0 Å². The van der Waals surface area contributed by atoms with Gasteiger partial charge in [-0.3, -0.25) is 9.69 Å². The number of carbonyl (C=O) groups excluding carboxylic acids is 3. The predicted molar refractivity (Wildman–Crippen MR) is 214 cm³/mol. The van der Waals surface area contributed by atoms with Gasteiger partial charge < -0.3 is 29.7 Å². The Morgan fingerprint density at radius 2 is 1.55 bits per heavy atom. The number of hydrogen-bond acceptors (Lipinski definition) is 7. The summed E-state index contributed by atoms with van der Waals surface area (Å²) in [6, 6.07) is 13.6. The van der Waals surface area contributed by atoms with Crippen LogP contribution < -0.4 is 5.32 Å². The van der Waals surface area contributed by atoms with Crippen molar-refractivity contribution in [3.05, 3.63) is 95.5 Å². The number of alkyl carbamates (subject to hydrolysis) is 1. The monoisotopic (exact) mass is 747 g/mol. The van der Waals surface area contributed by atoms with Gasteiger partial charge in [-0.15, -0.1) is 0 Å². The Morgan fingerprint density at radius 1 is 0.891 bits per heavy atom. The summed E-state index contributed by atoms with van der Waals surface area (Å²) in [6.07, 6.45) is 14.2. The van der Waals surface area contributed by atoms with Gasteiger partial charge in [0.1, 0.15) is 23.3 Å². The first-order chi connectivity index (χ1) is 26.3. The van der Waals surface area contributed by atoms with E-state index in [0.29, 0.717) is 13.1 Å². The number of benzene rings is 2. The molecule has 0 spiro atoms. The minimum absolute atomic E-state index is 0.110. The van der Waals surface area contributed by atoms with E-state index in [-0.39, 0.29) is 30.0 Å². The Labute approximate surface area is 323 Å². The summed E-state index contributed by atoms with van der Waals surface area (Å²) in [5.41, 5.74) is 6.50. The summed E-state index contributed by atoms with van der Waals surface area (Å²) in [5.74, 6) is 1.23. The highest BCUT2D eigenvalue weighted by Gasteiger charge is 2.38. The number of H-pyrrole nitrogens is 2. The molecule has 0 bridgehead atoms. The summed E-state index contributed by atoms with van der Waals surface area (Å²) >= 11 is 0. The Morgan fingerprint density at radius 3 is 2.24 bits per heavy atom. The van der Waals surface area contributed by atoms with Crippen molar-refractivity contribution in [2.75, 3.05) is 20.2 Å². The predicted octanol–water partition coefficient (Wildman–Crippen LogP) is 8.62. The minimum Gasteiger partial charge on any atom is -0.453 e. The van der Waals surface area contributed by atoms with E-state index < -0.39 is 17.7 Å². The first kappa shape index (κ1) is 39.1. The molecule has 55 heavy (non-hydrogen) atoms. The fourth-order valence-corrected chi connectivity index (χ4v) is 7.38. The molecule has 2 aromatic heterocycles. The third-order valence-corrected chi connectivity index (χ3v) is 10.1. The number of methoxy groups -OCH3 is 1. The van der Waals surface area contributed by atoms with Crippen LogP contribution in [0.4, 0.5) is 9.59 Å². The summed E-state index contributed by atoms with van der Waals surface area (Å²) in [6.45, 7) is 12.8. The quantitative estimate of drug-likeness (QED) is 0.138. The van der Waals surface area contributed by atoms with Gasteiger partial charge in [0.25, 0.3) is 0 Å². The van der Waals surface area contributed by atoms with Crippen molar-refractivity contribution in [3.63, 3.8) is 0 Å². The highest BCUT2D eigenvalue weighted by atomic mass is 16.6. The zero-order chi connectivity index (χ0) is 39.3. The van der Waals surface area contributed by atoms with Gasteiger partial charge in [0.05, 0.1) is 43.0 Å². The molecule has 3 atom stereocenters. The van der Waals surface area contributed by atoms with Crippen molar-refractivity contribution in [3.8, 4) is 22.4 Å². The normalized spacial score (nSPS) is 18.1. The third-order valence-electron chi connectivity index (χ3n) is 10.1. The number of rotatable bonds is 10. The van der Waals surface area contributed by atoms with Crippen LogP contribution in [-0.2, 0) is 14.3 Å². The maximum atomic E-state index is 13.7. The molecule has 2 saturated heterocycles. The Kier molecular flexibility index (Phi) is 11.9. The second-order valence-corrected chi connectivity index (χ2v) is 15.6. The highest BCUT2D eigenvalue weighted by molar-refractivity contribution is 5.86. The largest absolute Gasteiger partial charge is 0.453 e. The third kappa shape index (κ3) is 9.18. The van der Waals surface area contributed by atoms with Gasteiger partial charge in [-0.25, -0.2) is 19.6 Å².